The van der Waals surface area contributed by atoms with Crippen molar-refractivity contribution in [3.05, 3.63) is 48.0 Å². The van der Waals surface area contributed by atoms with Crippen LogP contribution in [0.5, 0.6) is 0 Å². The third-order valence-electron chi connectivity index (χ3n) is 4.37. The van der Waals surface area contributed by atoms with E-state index in [0.29, 0.717) is 26.3 Å². The summed E-state index contributed by atoms with van der Waals surface area (Å²) in [5.41, 5.74) is 0.895. The van der Waals surface area contributed by atoms with Crippen molar-refractivity contribution in [2.24, 2.45) is 0 Å². The van der Waals surface area contributed by atoms with Crippen LogP contribution >= 0.6 is 0 Å². The third-order valence-corrected chi connectivity index (χ3v) is 4.37. The first-order valence-electron chi connectivity index (χ1n) is 8.42. The molecule has 0 bridgehead atoms. The monoisotopic (exact) mass is 342 g/mol. The molecule has 3 rings (SSSR count). The molecule has 6 heteroatoms. The van der Waals surface area contributed by atoms with Crippen LogP contribution in [0.15, 0.2) is 42.5 Å². The lowest BCUT2D eigenvalue weighted by atomic mass is 10.0. The summed E-state index contributed by atoms with van der Waals surface area (Å²) in [4.78, 5) is 26.4. The minimum atomic E-state index is -0.916. The molecule has 0 aromatic heterocycles. The highest BCUT2D eigenvalue weighted by Crippen LogP contribution is 2.18. The van der Waals surface area contributed by atoms with Crippen LogP contribution in [0, 0.1) is 0 Å². The SMILES string of the molecule is O=C(Cc1cccc2ccccc12)NC(CO)C(=O)N1CCOCC1. The smallest absolute Gasteiger partial charge is 0.247 e. The normalized spacial score (nSPS) is 15.8. The molecule has 132 valence electrons. The molecule has 0 aliphatic carbocycles. The van der Waals surface area contributed by atoms with Crippen LogP contribution in [-0.4, -0.2) is 60.8 Å². The summed E-state index contributed by atoms with van der Waals surface area (Å²) in [6.45, 7) is 1.50. The molecule has 1 aliphatic heterocycles. The van der Waals surface area contributed by atoms with Crippen LogP contribution in [0.25, 0.3) is 10.8 Å². The zero-order valence-corrected chi connectivity index (χ0v) is 14.0. The molecule has 0 saturated carbocycles. The molecule has 1 atom stereocenters. The molecule has 1 unspecified atom stereocenters. The van der Waals surface area contributed by atoms with Gasteiger partial charge in [-0.1, -0.05) is 42.5 Å². The number of carbonyl (C=O) groups is 2. The second-order valence-corrected chi connectivity index (χ2v) is 6.06. The molecule has 1 heterocycles. The molecule has 2 amide bonds. The molecule has 0 radical (unpaired) electrons. The molecule has 1 aliphatic rings. The summed E-state index contributed by atoms with van der Waals surface area (Å²) in [5, 5.41) is 14.3. The van der Waals surface area contributed by atoms with E-state index >= 15 is 0 Å². The summed E-state index contributed by atoms with van der Waals surface area (Å²) < 4.78 is 5.22. The number of aliphatic hydroxyl groups excluding tert-OH is 1. The van der Waals surface area contributed by atoms with Gasteiger partial charge in [0.25, 0.3) is 0 Å². The van der Waals surface area contributed by atoms with Crippen molar-refractivity contribution in [1.29, 1.82) is 0 Å². The highest BCUT2D eigenvalue weighted by Gasteiger charge is 2.26. The molecular weight excluding hydrogens is 320 g/mol. The lowest BCUT2D eigenvalue weighted by Gasteiger charge is -2.30. The minimum Gasteiger partial charge on any atom is -0.394 e. The maximum Gasteiger partial charge on any atom is 0.247 e. The molecule has 1 fully saturated rings. The first-order valence-corrected chi connectivity index (χ1v) is 8.42. The number of rotatable bonds is 5. The van der Waals surface area contributed by atoms with Gasteiger partial charge in [-0.15, -0.1) is 0 Å². The predicted octanol–water partition coefficient (Wildman–Crippen LogP) is 0.718. The van der Waals surface area contributed by atoms with Crippen molar-refractivity contribution >= 4 is 22.6 Å². The van der Waals surface area contributed by atoms with Gasteiger partial charge in [-0.3, -0.25) is 9.59 Å². The number of hydrogen-bond donors (Lipinski definition) is 2. The Balaban J connectivity index is 1.66. The average Bonchev–Trinajstić information content (AvgIpc) is 2.66. The third kappa shape index (κ3) is 4.15. The highest BCUT2D eigenvalue weighted by atomic mass is 16.5. The van der Waals surface area contributed by atoms with Crippen LogP contribution in [0.2, 0.25) is 0 Å². The van der Waals surface area contributed by atoms with E-state index < -0.39 is 12.6 Å². The summed E-state index contributed by atoms with van der Waals surface area (Å²) >= 11 is 0. The van der Waals surface area contributed by atoms with E-state index in [1.807, 2.05) is 42.5 Å². The Kier molecular flexibility index (Phi) is 5.63. The van der Waals surface area contributed by atoms with Gasteiger partial charge in [0.15, 0.2) is 0 Å². The minimum absolute atomic E-state index is 0.161. The number of aliphatic hydroxyl groups is 1. The topological polar surface area (TPSA) is 78.9 Å². The first-order chi connectivity index (χ1) is 12.2. The maximum absolute atomic E-state index is 12.4. The van der Waals surface area contributed by atoms with Gasteiger partial charge in [0.2, 0.25) is 11.8 Å². The second-order valence-electron chi connectivity index (χ2n) is 6.06. The number of benzene rings is 2. The van der Waals surface area contributed by atoms with Crippen LogP contribution < -0.4 is 5.32 Å². The van der Waals surface area contributed by atoms with Crippen molar-refractivity contribution in [2.75, 3.05) is 32.9 Å². The average molecular weight is 342 g/mol. The molecule has 2 aromatic rings. The molecule has 25 heavy (non-hydrogen) atoms. The van der Waals surface area contributed by atoms with E-state index in [4.69, 9.17) is 4.74 Å². The van der Waals surface area contributed by atoms with Gasteiger partial charge in [-0.05, 0) is 16.3 Å². The largest absolute Gasteiger partial charge is 0.394 e. The Bertz CT molecular complexity index is 751. The predicted molar refractivity (Wildman–Crippen MR) is 94.1 cm³/mol. The van der Waals surface area contributed by atoms with Gasteiger partial charge in [-0.25, -0.2) is 0 Å². The standard InChI is InChI=1S/C19H22N2O4/c22-13-17(19(24)21-8-10-25-11-9-21)20-18(23)12-15-6-3-5-14-4-1-2-7-16(14)15/h1-7,17,22H,8-13H2,(H,20,23). The second kappa shape index (κ2) is 8.09. The summed E-state index contributed by atoms with van der Waals surface area (Å²) in [5.74, 6) is -0.547. The van der Waals surface area contributed by atoms with Crippen molar-refractivity contribution < 1.29 is 19.4 Å². The van der Waals surface area contributed by atoms with E-state index in [1.165, 1.54) is 0 Å². The van der Waals surface area contributed by atoms with Crippen LogP contribution in [0.3, 0.4) is 0 Å². The Morgan fingerprint density at radius 1 is 1.12 bits per heavy atom. The Hall–Kier alpha value is -2.44. The van der Waals surface area contributed by atoms with Gasteiger partial charge in [-0.2, -0.15) is 0 Å². The summed E-state index contributed by atoms with van der Waals surface area (Å²) in [6, 6.07) is 12.7. The number of ether oxygens (including phenoxy) is 1. The van der Waals surface area contributed by atoms with Gasteiger partial charge in [0, 0.05) is 13.1 Å². The van der Waals surface area contributed by atoms with Crippen LogP contribution in [-0.2, 0) is 20.7 Å². The van der Waals surface area contributed by atoms with E-state index in [1.54, 1.807) is 4.90 Å². The van der Waals surface area contributed by atoms with Crippen molar-refractivity contribution in [3.63, 3.8) is 0 Å². The number of hydrogen-bond acceptors (Lipinski definition) is 4. The number of morpholine rings is 1. The Morgan fingerprint density at radius 3 is 2.60 bits per heavy atom. The zero-order valence-electron chi connectivity index (χ0n) is 14.0. The summed E-state index contributed by atoms with van der Waals surface area (Å²) in [6.07, 6.45) is 0.161. The number of nitrogens with zero attached hydrogens (tertiary/aromatic N) is 1. The first kappa shape index (κ1) is 17.4. The van der Waals surface area contributed by atoms with E-state index in [0.717, 1.165) is 16.3 Å². The number of nitrogens with one attached hydrogen (secondary N) is 1. The molecule has 2 aromatic carbocycles. The fraction of sp³-hybridized carbons (Fsp3) is 0.368. The fourth-order valence-electron chi connectivity index (χ4n) is 3.05. The lowest BCUT2D eigenvalue weighted by molar-refractivity contribution is -0.140. The molecule has 0 spiro atoms. The van der Waals surface area contributed by atoms with Gasteiger partial charge in [0.05, 0.1) is 26.2 Å². The van der Waals surface area contributed by atoms with Crippen LogP contribution in [0.4, 0.5) is 0 Å². The van der Waals surface area contributed by atoms with Gasteiger partial charge < -0.3 is 20.1 Å². The van der Waals surface area contributed by atoms with Gasteiger partial charge >= 0.3 is 0 Å². The molecule has 2 N–H and O–H groups in total. The van der Waals surface area contributed by atoms with E-state index in [9.17, 15) is 14.7 Å². The van der Waals surface area contributed by atoms with Crippen LogP contribution in [0.1, 0.15) is 5.56 Å². The number of fused-ring (bicyclic) bond motifs is 1. The zero-order chi connectivity index (χ0) is 17.6. The molecule has 1 saturated heterocycles. The van der Waals surface area contributed by atoms with Crippen molar-refractivity contribution in [1.82, 2.24) is 10.2 Å². The number of amides is 2. The molecule has 6 nitrogen and oxygen atoms in total. The van der Waals surface area contributed by atoms with E-state index in [-0.39, 0.29) is 18.2 Å². The quantitative estimate of drug-likeness (QED) is 0.839. The maximum atomic E-state index is 12.4. The molecular formula is C19H22N2O4. The highest BCUT2D eigenvalue weighted by molar-refractivity contribution is 5.92. The number of carbonyl (C=O) groups excluding carboxylic acids is 2. The Morgan fingerprint density at radius 2 is 1.84 bits per heavy atom. The lowest BCUT2D eigenvalue weighted by Crippen LogP contribution is -2.53. The van der Waals surface area contributed by atoms with Crippen molar-refractivity contribution in [3.8, 4) is 0 Å². The van der Waals surface area contributed by atoms with Crippen molar-refractivity contribution in [2.45, 2.75) is 12.5 Å². The summed E-state index contributed by atoms with van der Waals surface area (Å²) in [7, 11) is 0. The van der Waals surface area contributed by atoms with Gasteiger partial charge in [0.1, 0.15) is 6.04 Å². The van der Waals surface area contributed by atoms with E-state index in [2.05, 4.69) is 5.32 Å². The fourth-order valence-corrected chi connectivity index (χ4v) is 3.05. The Labute approximate surface area is 146 Å².